The first-order valence-corrected chi connectivity index (χ1v) is 6.33. The Hall–Kier alpha value is -1.26. The molecule has 0 aromatic carbocycles. The maximum absolute atomic E-state index is 11.5. The third kappa shape index (κ3) is 3.11. The van der Waals surface area contributed by atoms with Crippen LogP contribution in [0.1, 0.15) is 32.6 Å². The standard InChI is InChI=1S/C12H20N2O3/c1-9(15)14(11-2-3-11)8-10-4-6-13(7-5-10)12(16)17/h10-11H,2-8H2,1H3,(H,16,17). The normalized spacial score (nSPS) is 21.4. The number of likely N-dealkylation sites (tertiary alicyclic amines) is 1. The van der Waals surface area contributed by atoms with Crippen LogP contribution in [0.15, 0.2) is 0 Å². The Balaban J connectivity index is 1.80. The fourth-order valence-corrected chi connectivity index (χ4v) is 2.51. The highest BCUT2D eigenvalue weighted by molar-refractivity contribution is 5.74. The topological polar surface area (TPSA) is 60.9 Å². The summed E-state index contributed by atoms with van der Waals surface area (Å²) in [5, 5.41) is 8.85. The molecular formula is C12H20N2O3. The third-order valence-corrected chi connectivity index (χ3v) is 3.73. The number of rotatable bonds is 3. The summed E-state index contributed by atoms with van der Waals surface area (Å²) in [6, 6.07) is 0.463. The van der Waals surface area contributed by atoms with Crippen LogP contribution in [0.5, 0.6) is 0 Å². The van der Waals surface area contributed by atoms with Crippen LogP contribution in [0.4, 0.5) is 4.79 Å². The summed E-state index contributed by atoms with van der Waals surface area (Å²) in [4.78, 5) is 25.7. The van der Waals surface area contributed by atoms with Crippen molar-refractivity contribution < 1.29 is 14.7 Å². The van der Waals surface area contributed by atoms with Crippen molar-refractivity contribution in [3.05, 3.63) is 0 Å². The highest BCUT2D eigenvalue weighted by atomic mass is 16.4. The molecule has 1 aliphatic carbocycles. The molecule has 2 aliphatic rings. The first kappa shape index (κ1) is 12.2. The molecule has 1 N–H and O–H groups in total. The number of carboxylic acid groups (broad SMARTS) is 1. The molecule has 1 saturated carbocycles. The van der Waals surface area contributed by atoms with Crippen molar-refractivity contribution in [2.45, 2.75) is 38.6 Å². The quantitative estimate of drug-likeness (QED) is 0.810. The molecule has 0 atom stereocenters. The van der Waals surface area contributed by atoms with Gasteiger partial charge in [0.05, 0.1) is 0 Å². The minimum Gasteiger partial charge on any atom is -0.465 e. The van der Waals surface area contributed by atoms with E-state index in [1.807, 2.05) is 4.90 Å². The molecule has 0 spiro atoms. The fraction of sp³-hybridized carbons (Fsp3) is 0.833. The molecule has 17 heavy (non-hydrogen) atoms. The number of hydrogen-bond donors (Lipinski definition) is 1. The van der Waals surface area contributed by atoms with E-state index in [0.717, 1.165) is 32.2 Å². The second-order valence-corrected chi connectivity index (χ2v) is 5.12. The Morgan fingerprint density at radius 3 is 2.24 bits per heavy atom. The molecule has 5 heteroatoms. The Kier molecular flexibility index (Phi) is 3.54. The number of carbonyl (C=O) groups is 2. The molecule has 5 nitrogen and oxygen atoms in total. The van der Waals surface area contributed by atoms with E-state index in [1.54, 1.807) is 6.92 Å². The number of carbonyl (C=O) groups excluding carboxylic acids is 1. The minimum atomic E-state index is -0.825. The molecule has 0 aromatic rings. The molecule has 1 aliphatic heterocycles. The lowest BCUT2D eigenvalue weighted by Gasteiger charge is -2.33. The SMILES string of the molecule is CC(=O)N(CC1CCN(C(=O)O)CC1)C1CC1. The first-order chi connectivity index (χ1) is 8.08. The van der Waals surface area contributed by atoms with Gasteiger partial charge in [0.15, 0.2) is 0 Å². The molecule has 2 rings (SSSR count). The van der Waals surface area contributed by atoms with Crippen LogP contribution in [-0.4, -0.2) is 52.6 Å². The Morgan fingerprint density at radius 1 is 1.24 bits per heavy atom. The van der Waals surface area contributed by atoms with Gasteiger partial charge in [0, 0.05) is 32.6 Å². The number of amides is 2. The summed E-state index contributed by atoms with van der Waals surface area (Å²) in [5.74, 6) is 0.628. The summed E-state index contributed by atoms with van der Waals surface area (Å²) in [7, 11) is 0. The average molecular weight is 240 g/mol. The van der Waals surface area contributed by atoms with Gasteiger partial charge in [0.2, 0.25) is 5.91 Å². The summed E-state index contributed by atoms with van der Waals surface area (Å²) in [6.07, 6.45) is 3.20. The van der Waals surface area contributed by atoms with Crippen molar-refractivity contribution in [3.63, 3.8) is 0 Å². The van der Waals surface area contributed by atoms with Crippen molar-refractivity contribution in [3.8, 4) is 0 Å². The van der Waals surface area contributed by atoms with Gasteiger partial charge in [-0.2, -0.15) is 0 Å². The molecule has 0 aromatic heterocycles. The van der Waals surface area contributed by atoms with E-state index in [0.29, 0.717) is 25.0 Å². The first-order valence-electron chi connectivity index (χ1n) is 6.33. The van der Waals surface area contributed by atoms with E-state index in [4.69, 9.17) is 5.11 Å². The molecule has 2 amide bonds. The Labute approximate surface area is 101 Å². The van der Waals surface area contributed by atoms with Crippen LogP contribution in [-0.2, 0) is 4.79 Å². The molecule has 0 radical (unpaired) electrons. The van der Waals surface area contributed by atoms with Crippen LogP contribution < -0.4 is 0 Å². The molecule has 2 fully saturated rings. The van der Waals surface area contributed by atoms with Crippen LogP contribution >= 0.6 is 0 Å². The Morgan fingerprint density at radius 2 is 1.82 bits per heavy atom. The van der Waals surface area contributed by atoms with E-state index in [2.05, 4.69) is 0 Å². The Bertz CT molecular complexity index is 307. The summed E-state index contributed by atoms with van der Waals surface area (Å²) >= 11 is 0. The van der Waals surface area contributed by atoms with Crippen molar-refractivity contribution in [1.29, 1.82) is 0 Å². The zero-order valence-electron chi connectivity index (χ0n) is 10.3. The van der Waals surface area contributed by atoms with Gasteiger partial charge in [-0.1, -0.05) is 0 Å². The minimum absolute atomic E-state index is 0.160. The lowest BCUT2D eigenvalue weighted by molar-refractivity contribution is -0.130. The van der Waals surface area contributed by atoms with Gasteiger partial charge < -0.3 is 14.9 Å². The van der Waals surface area contributed by atoms with E-state index in [9.17, 15) is 9.59 Å². The largest absolute Gasteiger partial charge is 0.465 e. The predicted molar refractivity (Wildman–Crippen MR) is 62.7 cm³/mol. The summed E-state index contributed by atoms with van der Waals surface area (Å²) in [6.45, 7) is 3.66. The average Bonchev–Trinajstić information content (AvgIpc) is 3.10. The van der Waals surface area contributed by atoms with Crippen LogP contribution in [0.25, 0.3) is 0 Å². The smallest absolute Gasteiger partial charge is 0.407 e. The van der Waals surface area contributed by atoms with Gasteiger partial charge in [-0.15, -0.1) is 0 Å². The number of piperidine rings is 1. The summed E-state index contributed by atoms with van der Waals surface area (Å²) < 4.78 is 0. The third-order valence-electron chi connectivity index (χ3n) is 3.73. The van der Waals surface area contributed by atoms with Gasteiger partial charge >= 0.3 is 6.09 Å². The molecule has 0 unspecified atom stereocenters. The van der Waals surface area contributed by atoms with Crippen molar-refractivity contribution >= 4 is 12.0 Å². The van der Waals surface area contributed by atoms with Crippen LogP contribution in [0.3, 0.4) is 0 Å². The summed E-state index contributed by atoms with van der Waals surface area (Å²) in [5.41, 5.74) is 0. The van der Waals surface area contributed by atoms with Crippen LogP contribution in [0, 0.1) is 5.92 Å². The lowest BCUT2D eigenvalue weighted by atomic mass is 9.96. The molecule has 96 valence electrons. The molecule has 1 saturated heterocycles. The second-order valence-electron chi connectivity index (χ2n) is 5.12. The zero-order valence-corrected chi connectivity index (χ0v) is 10.3. The number of hydrogen-bond acceptors (Lipinski definition) is 2. The predicted octanol–water partition coefficient (Wildman–Crippen LogP) is 1.39. The lowest BCUT2D eigenvalue weighted by Crippen LogP contribution is -2.42. The number of nitrogens with zero attached hydrogens (tertiary/aromatic N) is 2. The maximum Gasteiger partial charge on any atom is 0.407 e. The van der Waals surface area contributed by atoms with E-state index in [1.165, 1.54) is 4.90 Å². The molecule has 1 heterocycles. The fourth-order valence-electron chi connectivity index (χ4n) is 2.51. The van der Waals surface area contributed by atoms with Gasteiger partial charge in [-0.05, 0) is 31.6 Å². The van der Waals surface area contributed by atoms with Crippen molar-refractivity contribution in [2.75, 3.05) is 19.6 Å². The van der Waals surface area contributed by atoms with Crippen molar-refractivity contribution in [1.82, 2.24) is 9.80 Å². The maximum atomic E-state index is 11.5. The van der Waals surface area contributed by atoms with E-state index in [-0.39, 0.29) is 5.91 Å². The van der Waals surface area contributed by atoms with Crippen LogP contribution in [0.2, 0.25) is 0 Å². The zero-order chi connectivity index (χ0) is 12.4. The van der Waals surface area contributed by atoms with Gasteiger partial charge in [-0.25, -0.2) is 4.79 Å². The van der Waals surface area contributed by atoms with Crippen molar-refractivity contribution in [2.24, 2.45) is 5.92 Å². The van der Waals surface area contributed by atoms with Gasteiger partial charge in [-0.3, -0.25) is 4.79 Å². The second kappa shape index (κ2) is 4.94. The van der Waals surface area contributed by atoms with Gasteiger partial charge in [0.25, 0.3) is 0 Å². The highest BCUT2D eigenvalue weighted by Crippen LogP contribution is 2.29. The van der Waals surface area contributed by atoms with E-state index < -0.39 is 6.09 Å². The van der Waals surface area contributed by atoms with E-state index >= 15 is 0 Å². The molecular weight excluding hydrogens is 220 g/mol. The monoisotopic (exact) mass is 240 g/mol. The highest BCUT2D eigenvalue weighted by Gasteiger charge is 2.33. The van der Waals surface area contributed by atoms with Gasteiger partial charge in [0.1, 0.15) is 0 Å². The molecule has 0 bridgehead atoms.